The molecule has 0 aliphatic carbocycles. The predicted octanol–water partition coefficient (Wildman–Crippen LogP) is 5.33. The van der Waals surface area contributed by atoms with Gasteiger partial charge in [0.2, 0.25) is 10.0 Å². The molecule has 3 aromatic rings. The van der Waals surface area contributed by atoms with Gasteiger partial charge in [-0.2, -0.15) is 0 Å². The van der Waals surface area contributed by atoms with E-state index in [-0.39, 0.29) is 5.41 Å². The second-order valence-electron chi connectivity index (χ2n) is 8.61. The summed E-state index contributed by atoms with van der Waals surface area (Å²) in [5, 5.41) is 0. The van der Waals surface area contributed by atoms with Crippen molar-refractivity contribution in [1.82, 2.24) is 4.72 Å². The summed E-state index contributed by atoms with van der Waals surface area (Å²) in [6.07, 6.45) is 1.75. The van der Waals surface area contributed by atoms with Crippen LogP contribution in [0.25, 0.3) is 0 Å². The molecule has 1 N–H and O–H groups in total. The number of nitrogens with one attached hydrogen (secondary N) is 1. The number of sulfonamides is 1. The van der Waals surface area contributed by atoms with E-state index in [9.17, 15) is 8.42 Å². The van der Waals surface area contributed by atoms with Gasteiger partial charge in [0.05, 0.1) is 4.90 Å². The van der Waals surface area contributed by atoms with Crippen LogP contribution in [0, 0.1) is 24.2 Å². The molecular formula is C27H29NO2S. The molecule has 0 fully saturated rings. The third-order valence-corrected chi connectivity index (χ3v) is 6.66. The Morgan fingerprint density at radius 2 is 1.39 bits per heavy atom. The highest BCUT2D eigenvalue weighted by Gasteiger charge is 2.22. The Labute approximate surface area is 186 Å². The summed E-state index contributed by atoms with van der Waals surface area (Å²) < 4.78 is 27.9. The smallest absolute Gasteiger partial charge is 0.211 e. The van der Waals surface area contributed by atoms with E-state index in [0.717, 1.165) is 29.5 Å². The summed E-state index contributed by atoms with van der Waals surface area (Å²) in [5.74, 6) is 6.36. The molecule has 160 valence electrons. The summed E-state index contributed by atoms with van der Waals surface area (Å²) in [7, 11) is -3.49. The van der Waals surface area contributed by atoms with Crippen LogP contribution in [-0.4, -0.2) is 15.0 Å². The number of rotatable bonds is 7. The van der Waals surface area contributed by atoms with E-state index in [4.69, 9.17) is 0 Å². The van der Waals surface area contributed by atoms with E-state index in [2.05, 4.69) is 42.5 Å². The summed E-state index contributed by atoms with van der Waals surface area (Å²) >= 11 is 0. The highest BCUT2D eigenvalue weighted by atomic mass is 32.2. The van der Waals surface area contributed by atoms with Crippen LogP contribution >= 0.6 is 0 Å². The number of hydrogen-bond acceptors (Lipinski definition) is 2. The average molecular weight is 432 g/mol. The Bertz CT molecular complexity index is 1150. The van der Waals surface area contributed by atoms with Gasteiger partial charge in [0.25, 0.3) is 0 Å². The largest absolute Gasteiger partial charge is 0.240 e. The van der Waals surface area contributed by atoms with Crippen molar-refractivity contribution < 1.29 is 8.42 Å². The lowest BCUT2D eigenvalue weighted by molar-refractivity contribution is 0.334. The molecule has 3 aromatic carbocycles. The first-order valence-electron chi connectivity index (χ1n) is 10.5. The van der Waals surface area contributed by atoms with Crippen LogP contribution in [0.1, 0.15) is 42.5 Å². The first kappa shape index (κ1) is 22.8. The van der Waals surface area contributed by atoms with E-state index < -0.39 is 10.0 Å². The fourth-order valence-electron chi connectivity index (χ4n) is 3.08. The molecule has 0 radical (unpaired) electrons. The molecule has 0 amide bonds. The molecule has 0 spiro atoms. The van der Waals surface area contributed by atoms with Gasteiger partial charge in [0, 0.05) is 17.7 Å². The highest BCUT2D eigenvalue weighted by Crippen LogP contribution is 2.23. The van der Waals surface area contributed by atoms with Gasteiger partial charge in [-0.15, -0.1) is 0 Å². The standard InChI is InChI=1S/C27H29NO2S/c1-22-9-17-26(18-10-22)31(29,30)28-21-27(2,3)20-19-25-15-13-24(14-16-25)12-11-23-7-5-4-6-8-23/h4-10,13-18,28H,19-21H2,1-3H3. The summed E-state index contributed by atoms with van der Waals surface area (Å²) in [6.45, 7) is 6.51. The molecule has 0 aliphatic rings. The minimum atomic E-state index is -3.49. The normalized spacial score (nSPS) is 11.6. The SMILES string of the molecule is Cc1ccc(S(=O)(=O)NCC(C)(C)CCc2ccc(C#Cc3ccccc3)cc2)cc1. The molecule has 0 atom stereocenters. The van der Waals surface area contributed by atoms with Crippen LogP contribution in [0.3, 0.4) is 0 Å². The number of hydrogen-bond donors (Lipinski definition) is 1. The van der Waals surface area contributed by atoms with Crippen molar-refractivity contribution in [3.63, 3.8) is 0 Å². The Hall–Kier alpha value is -2.87. The topological polar surface area (TPSA) is 46.2 Å². The predicted molar refractivity (Wildman–Crippen MR) is 127 cm³/mol. The van der Waals surface area contributed by atoms with Crippen molar-refractivity contribution in [3.05, 3.63) is 101 Å². The van der Waals surface area contributed by atoms with Crippen molar-refractivity contribution in [2.75, 3.05) is 6.54 Å². The second kappa shape index (κ2) is 9.96. The monoisotopic (exact) mass is 431 g/mol. The highest BCUT2D eigenvalue weighted by molar-refractivity contribution is 7.89. The van der Waals surface area contributed by atoms with Gasteiger partial charge in [0.1, 0.15) is 0 Å². The van der Waals surface area contributed by atoms with Gasteiger partial charge in [-0.05, 0) is 67.1 Å². The van der Waals surface area contributed by atoms with E-state index >= 15 is 0 Å². The van der Waals surface area contributed by atoms with Gasteiger partial charge in [-0.3, -0.25) is 0 Å². The van der Waals surface area contributed by atoms with Crippen molar-refractivity contribution in [2.45, 2.75) is 38.5 Å². The molecule has 0 aliphatic heterocycles. The van der Waals surface area contributed by atoms with Crippen molar-refractivity contribution >= 4 is 10.0 Å². The minimum Gasteiger partial charge on any atom is -0.211 e. The van der Waals surface area contributed by atoms with E-state index in [0.29, 0.717) is 11.4 Å². The van der Waals surface area contributed by atoms with Gasteiger partial charge in [-0.1, -0.05) is 73.7 Å². The summed E-state index contributed by atoms with van der Waals surface area (Å²) in [4.78, 5) is 0.307. The van der Waals surface area contributed by atoms with E-state index in [1.165, 1.54) is 5.56 Å². The number of benzene rings is 3. The summed E-state index contributed by atoms with van der Waals surface area (Å²) in [6, 6.07) is 25.1. The lowest BCUT2D eigenvalue weighted by Gasteiger charge is -2.25. The van der Waals surface area contributed by atoms with Crippen LogP contribution in [-0.2, 0) is 16.4 Å². The zero-order valence-corrected chi connectivity index (χ0v) is 19.2. The van der Waals surface area contributed by atoms with Crippen molar-refractivity contribution in [2.24, 2.45) is 5.41 Å². The van der Waals surface area contributed by atoms with Crippen LogP contribution in [0.15, 0.2) is 83.8 Å². The van der Waals surface area contributed by atoms with Crippen molar-refractivity contribution in [3.8, 4) is 11.8 Å². The van der Waals surface area contributed by atoms with Crippen molar-refractivity contribution in [1.29, 1.82) is 0 Å². The molecule has 0 unspecified atom stereocenters. The maximum absolute atomic E-state index is 12.5. The van der Waals surface area contributed by atoms with Crippen LogP contribution in [0.2, 0.25) is 0 Å². The molecule has 0 bridgehead atoms. The van der Waals surface area contributed by atoms with E-state index in [1.54, 1.807) is 12.1 Å². The van der Waals surface area contributed by atoms with Gasteiger partial charge < -0.3 is 0 Å². The molecule has 4 heteroatoms. The average Bonchev–Trinajstić information content (AvgIpc) is 2.77. The zero-order valence-electron chi connectivity index (χ0n) is 18.4. The maximum atomic E-state index is 12.5. The van der Waals surface area contributed by atoms with Gasteiger partial charge in [0.15, 0.2) is 0 Å². The fourth-order valence-corrected chi connectivity index (χ4v) is 4.32. The summed E-state index contributed by atoms with van der Waals surface area (Å²) in [5.41, 5.74) is 4.08. The quantitative estimate of drug-likeness (QED) is 0.514. The van der Waals surface area contributed by atoms with Gasteiger partial charge >= 0.3 is 0 Å². The Balaban J connectivity index is 1.54. The van der Waals surface area contributed by atoms with Gasteiger partial charge in [-0.25, -0.2) is 13.1 Å². The fraction of sp³-hybridized carbons (Fsp3) is 0.259. The molecular weight excluding hydrogens is 402 g/mol. The third kappa shape index (κ3) is 7.10. The molecule has 0 saturated carbocycles. The van der Waals surface area contributed by atoms with Crippen LogP contribution in [0.4, 0.5) is 0 Å². The minimum absolute atomic E-state index is 0.163. The molecule has 3 rings (SSSR count). The first-order chi connectivity index (χ1) is 14.7. The molecule has 3 nitrogen and oxygen atoms in total. The molecule has 0 saturated heterocycles. The Kier molecular flexibility index (Phi) is 7.33. The first-order valence-corrected chi connectivity index (χ1v) is 11.9. The zero-order chi connectivity index (χ0) is 22.3. The third-order valence-electron chi connectivity index (χ3n) is 5.24. The number of aryl methyl sites for hydroxylation is 2. The van der Waals surface area contributed by atoms with Crippen LogP contribution < -0.4 is 4.72 Å². The molecule has 31 heavy (non-hydrogen) atoms. The lowest BCUT2D eigenvalue weighted by Crippen LogP contribution is -2.34. The lowest BCUT2D eigenvalue weighted by atomic mass is 9.86. The molecule has 0 heterocycles. The Morgan fingerprint density at radius 3 is 2.00 bits per heavy atom. The van der Waals surface area contributed by atoms with Crippen LogP contribution in [0.5, 0.6) is 0 Å². The molecule has 0 aromatic heterocycles. The van der Waals surface area contributed by atoms with E-state index in [1.807, 2.05) is 61.5 Å². The Morgan fingerprint density at radius 1 is 0.806 bits per heavy atom. The second-order valence-corrected chi connectivity index (χ2v) is 10.4. The maximum Gasteiger partial charge on any atom is 0.240 e.